The van der Waals surface area contributed by atoms with Crippen LogP contribution in [0.5, 0.6) is 0 Å². The summed E-state index contributed by atoms with van der Waals surface area (Å²) in [5.74, 6) is 0.563. The van der Waals surface area contributed by atoms with E-state index in [0.717, 1.165) is 25.9 Å². The molecule has 0 bridgehead atoms. The first-order valence-electron chi connectivity index (χ1n) is 7.21. The molecule has 1 rings (SSSR count). The third kappa shape index (κ3) is 5.30. The molecule has 2 unspecified atom stereocenters. The fourth-order valence-electron chi connectivity index (χ4n) is 2.73. The normalized spacial score (nSPS) is 30.0. The minimum atomic E-state index is -4.06. The van der Waals surface area contributed by atoms with Gasteiger partial charge in [0.1, 0.15) is 0 Å². The molecule has 1 heterocycles. The molecule has 1 fully saturated rings. The topological polar surface area (TPSA) is 15.3 Å². The van der Waals surface area contributed by atoms with Crippen molar-refractivity contribution >= 4 is 0 Å². The van der Waals surface area contributed by atoms with E-state index in [4.69, 9.17) is 0 Å². The maximum absolute atomic E-state index is 12.4. The van der Waals surface area contributed by atoms with Crippen LogP contribution in [-0.2, 0) is 0 Å². The molecule has 0 radical (unpaired) electrons. The first-order valence-corrected chi connectivity index (χ1v) is 7.21. The van der Waals surface area contributed by atoms with Crippen molar-refractivity contribution in [2.24, 2.45) is 5.92 Å². The van der Waals surface area contributed by atoms with E-state index in [-0.39, 0.29) is 12.1 Å². The largest absolute Gasteiger partial charge is 0.390 e. The Bertz CT molecular complexity index is 278. The Morgan fingerprint density at radius 1 is 1.37 bits per heavy atom. The predicted octanol–water partition coefficient (Wildman–Crippen LogP) is 3.43. The molecule has 114 valence electrons. The van der Waals surface area contributed by atoms with Crippen LogP contribution in [-0.4, -0.2) is 42.3 Å². The van der Waals surface area contributed by atoms with Crippen LogP contribution in [0.3, 0.4) is 0 Å². The van der Waals surface area contributed by atoms with E-state index in [0.29, 0.717) is 12.0 Å². The van der Waals surface area contributed by atoms with Gasteiger partial charge in [-0.1, -0.05) is 20.8 Å². The number of alkyl halides is 3. The minimum Gasteiger partial charge on any atom is -0.311 e. The van der Waals surface area contributed by atoms with Crippen LogP contribution in [0.25, 0.3) is 0 Å². The monoisotopic (exact) mass is 280 g/mol. The zero-order valence-electron chi connectivity index (χ0n) is 12.5. The van der Waals surface area contributed by atoms with E-state index in [1.54, 1.807) is 0 Å². The molecule has 1 aliphatic heterocycles. The highest BCUT2D eigenvalue weighted by Crippen LogP contribution is 2.28. The number of halogens is 3. The SMILES string of the molecule is CCC1(C)CNC(CC(C)C)CN1CCC(F)(F)F. The van der Waals surface area contributed by atoms with Crippen LogP contribution in [0.4, 0.5) is 13.2 Å². The molecule has 2 nitrogen and oxygen atoms in total. The van der Waals surface area contributed by atoms with Crippen molar-refractivity contribution < 1.29 is 13.2 Å². The second kappa shape index (κ2) is 6.44. The molecule has 0 aromatic heterocycles. The smallest absolute Gasteiger partial charge is 0.311 e. The molecule has 0 aromatic rings. The quantitative estimate of drug-likeness (QED) is 0.830. The van der Waals surface area contributed by atoms with Crippen molar-refractivity contribution in [3.05, 3.63) is 0 Å². The zero-order chi connectivity index (χ0) is 14.7. The Hall–Kier alpha value is -0.290. The molecular formula is C14H27F3N2. The second-order valence-electron chi connectivity index (χ2n) is 6.37. The van der Waals surface area contributed by atoms with Gasteiger partial charge in [-0.15, -0.1) is 0 Å². The fraction of sp³-hybridized carbons (Fsp3) is 1.00. The highest BCUT2D eigenvalue weighted by molar-refractivity contribution is 4.95. The van der Waals surface area contributed by atoms with Gasteiger partial charge in [0.25, 0.3) is 0 Å². The van der Waals surface area contributed by atoms with E-state index in [1.165, 1.54) is 0 Å². The summed E-state index contributed by atoms with van der Waals surface area (Å²) in [5, 5.41) is 3.50. The van der Waals surface area contributed by atoms with Crippen LogP contribution < -0.4 is 5.32 Å². The van der Waals surface area contributed by atoms with Crippen molar-refractivity contribution in [2.45, 2.75) is 64.7 Å². The van der Waals surface area contributed by atoms with Gasteiger partial charge in [-0.25, -0.2) is 0 Å². The molecule has 0 aliphatic carbocycles. The predicted molar refractivity (Wildman–Crippen MR) is 72.2 cm³/mol. The summed E-state index contributed by atoms with van der Waals surface area (Å²) in [6, 6.07) is 0.313. The zero-order valence-corrected chi connectivity index (χ0v) is 12.5. The minimum absolute atomic E-state index is 0.115. The van der Waals surface area contributed by atoms with E-state index in [9.17, 15) is 13.2 Å². The van der Waals surface area contributed by atoms with Crippen molar-refractivity contribution in [1.82, 2.24) is 10.2 Å². The summed E-state index contributed by atoms with van der Waals surface area (Å²) < 4.78 is 37.3. The summed E-state index contributed by atoms with van der Waals surface area (Å²) in [5.41, 5.74) is -0.154. The van der Waals surface area contributed by atoms with Crippen LogP contribution >= 0.6 is 0 Å². The Morgan fingerprint density at radius 2 is 2.00 bits per heavy atom. The lowest BCUT2D eigenvalue weighted by molar-refractivity contribution is -0.142. The van der Waals surface area contributed by atoms with Crippen LogP contribution in [0, 0.1) is 5.92 Å². The molecule has 0 spiro atoms. The highest BCUT2D eigenvalue weighted by Gasteiger charge is 2.38. The van der Waals surface area contributed by atoms with Crippen molar-refractivity contribution in [2.75, 3.05) is 19.6 Å². The summed E-state index contributed by atoms with van der Waals surface area (Å²) in [7, 11) is 0. The number of rotatable bonds is 5. The van der Waals surface area contributed by atoms with E-state index >= 15 is 0 Å². The third-order valence-corrected chi connectivity index (χ3v) is 4.16. The Labute approximate surface area is 114 Å². The molecule has 1 aliphatic rings. The molecule has 0 amide bonds. The first-order chi connectivity index (χ1) is 8.66. The molecule has 0 aromatic carbocycles. The van der Waals surface area contributed by atoms with Crippen molar-refractivity contribution in [3.63, 3.8) is 0 Å². The van der Waals surface area contributed by atoms with Gasteiger partial charge in [0.05, 0.1) is 6.42 Å². The summed E-state index contributed by atoms with van der Waals surface area (Å²) in [6.45, 7) is 10.0. The second-order valence-corrected chi connectivity index (χ2v) is 6.37. The van der Waals surface area contributed by atoms with Gasteiger partial charge in [-0.05, 0) is 25.7 Å². The fourth-order valence-corrected chi connectivity index (χ4v) is 2.73. The number of hydrogen-bond acceptors (Lipinski definition) is 2. The molecule has 1 saturated heterocycles. The number of hydrogen-bond donors (Lipinski definition) is 1. The lowest BCUT2D eigenvalue weighted by atomic mass is 9.90. The standard InChI is InChI=1S/C14H27F3N2/c1-5-13(4)10-18-12(8-11(2)3)9-19(13)7-6-14(15,16)17/h11-12,18H,5-10H2,1-4H3. The number of nitrogens with zero attached hydrogens (tertiary/aromatic N) is 1. The lowest BCUT2D eigenvalue weighted by Gasteiger charge is -2.48. The molecule has 19 heavy (non-hydrogen) atoms. The van der Waals surface area contributed by atoms with Crippen molar-refractivity contribution in [1.29, 1.82) is 0 Å². The van der Waals surface area contributed by atoms with Gasteiger partial charge < -0.3 is 5.32 Å². The van der Waals surface area contributed by atoms with Crippen molar-refractivity contribution in [3.8, 4) is 0 Å². The molecule has 5 heteroatoms. The number of nitrogens with one attached hydrogen (secondary N) is 1. The van der Waals surface area contributed by atoms with Gasteiger partial charge in [0.15, 0.2) is 0 Å². The average Bonchev–Trinajstić information content (AvgIpc) is 2.28. The Balaban J connectivity index is 2.63. The molecule has 1 N–H and O–H groups in total. The first kappa shape index (κ1) is 16.8. The van der Waals surface area contributed by atoms with E-state index in [1.807, 2.05) is 11.8 Å². The van der Waals surface area contributed by atoms with Gasteiger partial charge in [0.2, 0.25) is 0 Å². The Morgan fingerprint density at radius 3 is 2.47 bits per heavy atom. The van der Waals surface area contributed by atoms with Gasteiger partial charge in [-0.3, -0.25) is 4.90 Å². The van der Waals surface area contributed by atoms with E-state index in [2.05, 4.69) is 26.1 Å². The molecule has 0 saturated carbocycles. The molecule has 2 atom stereocenters. The summed E-state index contributed by atoms with van der Waals surface area (Å²) in [6.07, 6.45) is -2.89. The molecular weight excluding hydrogens is 253 g/mol. The Kier molecular flexibility index (Phi) is 5.68. The summed E-state index contributed by atoms with van der Waals surface area (Å²) in [4.78, 5) is 2.03. The average molecular weight is 280 g/mol. The highest BCUT2D eigenvalue weighted by atomic mass is 19.4. The maximum Gasteiger partial charge on any atom is 0.390 e. The van der Waals surface area contributed by atoms with E-state index < -0.39 is 12.6 Å². The third-order valence-electron chi connectivity index (χ3n) is 4.16. The van der Waals surface area contributed by atoms with Gasteiger partial charge in [-0.2, -0.15) is 13.2 Å². The van der Waals surface area contributed by atoms with Crippen LogP contribution in [0.1, 0.15) is 47.0 Å². The van der Waals surface area contributed by atoms with Crippen LogP contribution in [0.2, 0.25) is 0 Å². The van der Waals surface area contributed by atoms with Crippen LogP contribution in [0.15, 0.2) is 0 Å². The van der Waals surface area contributed by atoms with Gasteiger partial charge in [0, 0.05) is 31.2 Å². The van der Waals surface area contributed by atoms with Gasteiger partial charge >= 0.3 is 6.18 Å². The lowest BCUT2D eigenvalue weighted by Crippen LogP contribution is -2.63. The summed E-state index contributed by atoms with van der Waals surface area (Å²) >= 11 is 0. The number of piperazine rings is 1. The maximum atomic E-state index is 12.4.